The highest BCUT2D eigenvalue weighted by molar-refractivity contribution is 5.79. The minimum Gasteiger partial charge on any atom is -0.508 e. The van der Waals surface area contributed by atoms with E-state index in [1.54, 1.807) is 0 Å². The Kier molecular flexibility index (Phi) is 3.99. The quantitative estimate of drug-likeness (QED) is 0.677. The minimum atomic E-state index is 0.0389. The van der Waals surface area contributed by atoms with E-state index in [9.17, 15) is 5.11 Å². The number of likely N-dealkylation sites (tertiary alicyclic amines) is 1. The van der Waals surface area contributed by atoms with Gasteiger partial charge in [-0.3, -0.25) is 4.98 Å². The maximum atomic E-state index is 10.3. The van der Waals surface area contributed by atoms with Crippen LogP contribution in [0, 0.1) is 12.8 Å². The fourth-order valence-corrected chi connectivity index (χ4v) is 5.76. The van der Waals surface area contributed by atoms with Crippen LogP contribution in [0.2, 0.25) is 0 Å². The number of fused-ring (bicyclic) bond motifs is 3. The molecule has 3 heteroatoms. The molecule has 1 aliphatic heterocycles. The average molecular weight is 373 g/mol. The van der Waals surface area contributed by atoms with Gasteiger partial charge < -0.3 is 10.0 Å². The highest BCUT2D eigenvalue weighted by Crippen LogP contribution is 2.51. The van der Waals surface area contributed by atoms with Gasteiger partial charge in [0.1, 0.15) is 5.75 Å². The van der Waals surface area contributed by atoms with Crippen LogP contribution in [-0.2, 0) is 18.3 Å². The second-order valence-corrected chi connectivity index (χ2v) is 8.90. The normalized spacial score (nSPS) is 27.4. The Labute approximate surface area is 167 Å². The molecule has 144 valence electrons. The number of hydrogen-bond donors (Lipinski definition) is 1. The van der Waals surface area contributed by atoms with Gasteiger partial charge in [0.2, 0.25) is 0 Å². The molecule has 1 saturated heterocycles. The minimum absolute atomic E-state index is 0.0389. The number of phenols is 1. The summed E-state index contributed by atoms with van der Waals surface area (Å²) in [6.45, 7) is 5.64. The number of aromatic nitrogens is 1. The van der Waals surface area contributed by atoms with E-state index < -0.39 is 0 Å². The molecule has 3 aromatic rings. The SMILES string of the molecule is Cc1ccc(O)cc1[C@]12CCN(C)[C@H](C)[C@@H]1Cc1cc3ccccc3nc1C2. The van der Waals surface area contributed by atoms with Gasteiger partial charge in [-0.2, -0.15) is 0 Å². The van der Waals surface area contributed by atoms with E-state index in [0.717, 1.165) is 31.3 Å². The number of nitrogens with zero attached hydrogens (tertiary/aromatic N) is 2. The third-order valence-corrected chi connectivity index (χ3v) is 7.47. The van der Waals surface area contributed by atoms with Gasteiger partial charge in [-0.1, -0.05) is 24.3 Å². The predicted octanol–water partition coefficient (Wildman–Crippen LogP) is 4.63. The highest BCUT2D eigenvalue weighted by Gasteiger charge is 2.50. The van der Waals surface area contributed by atoms with Gasteiger partial charge in [-0.25, -0.2) is 0 Å². The van der Waals surface area contributed by atoms with E-state index in [4.69, 9.17) is 4.98 Å². The summed E-state index contributed by atoms with van der Waals surface area (Å²) >= 11 is 0. The van der Waals surface area contributed by atoms with Crippen molar-refractivity contribution in [3.63, 3.8) is 0 Å². The van der Waals surface area contributed by atoms with Crippen LogP contribution in [0.4, 0.5) is 0 Å². The summed E-state index contributed by atoms with van der Waals surface area (Å²) in [7, 11) is 2.25. The highest BCUT2D eigenvalue weighted by atomic mass is 16.3. The number of phenolic OH excluding ortho intramolecular Hbond substituents is 1. The second kappa shape index (κ2) is 6.31. The first-order valence-electron chi connectivity index (χ1n) is 10.4. The summed E-state index contributed by atoms with van der Waals surface area (Å²) in [4.78, 5) is 7.60. The number of benzene rings is 2. The number of hydrogen-bond acceptors (Lipinski definition) is 3. The van der Waals surface area contributed by atoms with Crippen LogP contribution in [0.25, 0.3) is 10.9 Å². The summed E-state index contributed by atoms with van der Waals surface area (Å²) in [5.74, 6) is 0.889. The van der Waals surface area contributed by atoms with E-state index in [-0.39, 0.29) is 5.41 Å². The first-order valence-corrected chi connectivity index (χ1v) is 10.4. The van der Waals surface area contributed by atoms with Gasteiger partial charge in [0.25, 0.3) is 0 Å². The number of aromatic hydroxyl groups is 1. The Bertz CT molecular complexity index is 1060. The van der Waals surface area contributed by atoms with Crippen molar-refractivity contribution in [1.82, 2.24) is 9.88 Å². The smallest absolute Gasteiger partial charge is 0.115 e. The third-order valence-electron chi connectivity index (χ3n) is 7.47. The molecule has 2 aliphatic rings. The number of aryl methyl sites for hydroxylation is 1. The molecular weight excluding hydrogens is 344 g/mol. The molecule has 0 spiro atoms. The maximum absolute atomic E-state index is 10.3. The van der Waals surface area contributed by atoms with Crippen molar-refractivity contribution in [2.24, 2.45) is 5.92 Å². The molecule has 28 heavy (non-hydrogen) atoms. The standard InChI is InChI=1S/C25H28N2O/c1-16-8-9-20(28)14-21(16)25-10-11-27(3)17(2)22(25)13-19-12-18-6-4-5-7-23(18)26-24(19)15-25/h4-9,12,14,17,22,28H,10-11,13,15H2,1-3H3/t17-,22+,25-/m1/s1. The van der Waals surface area contributed by atoms with Gasteiger partial charge in [0.05, 0.1) is 5.52 Å². The van der Waals surface area contributed by atoms with Gasteiger partial charge in [-0.15, -0.1) is 0 Å². The van der Waals surface area contributed by atoms with Crippen LogP contribution < -0.4 is 0 Å². The van der Waals surface area contributed by atoms with Crippen molar-refractivity contribution in [1.29, 1.82) is 0 Å². The Morgan fingerprint density at radius 2 is 1.96 bits per heavy atom. The Morgan fingerprint density at radius 1 is 1.14 bits per heavy atom. The molecule has 0 radical (unpaired) electrons. The molecule has 3 atom stereocenters. The first-order chi connectivity index (χ1) is 13.5. The van der Waals surface area contributed by atoms with Crippen molar-refractivity contribution < 1.29 is 5.11 Å². The van der Waals surface area contributed by atoms with E-state index in [0.29, 0.717) is 17.7 Å². The molecule has 1 fully saturated rings. The summed E-state index contributed by atoms with van der Waals surface area (Å²) in [5, 5.41) is 11.5. The Balaban J connectivity index is 1.72. The van der Waals surface area contributed by atoms with E-state index in [2.05, 4.69) is 62.2 Å². The zero-order valence-electron chi connectivity index (χ0n) is 16.9. The largest absolute Gasteiger partial charge is 0.508 e. The monoisotopic (exact) mass is 372 g/mol. The molecule has 1 N–H and O–H groups in total. The number of piperidine rings is 1. The summed E-state index contributed by atoms with van der Waals surface area (Å²) in [6.07, 6.45) is 3.12. The average Bonchev–Trinajstić information content (AvgIpc) is 2.70. The van der Waals surface area contributed by atoms with Crippen molar-refractivity contribution in [2.45, 2.75) is 44.6 Å². The van der Waals surface area contributed by atoms with E-state index in [1.165, 1.54) is 27.8 Å². The van der Waals surface area contributed by atoms with Crippen LogP contribution >= 0.6 is 0 Å². The zero-order chi connectivity index (χ0) is 19.5. The molecular formula is C25H28N2O. The Hall–Kier alpha value is -2.39. The lowest BCUT2D eigenvalue weighted by atomic mass is 9.56. The first kappa shape index (κ1) is 17.7. The summed E-state index contributed by atoms with van der Waals surface area (Å²) in [6, 6.07) is 17.2. The second-order valence-electron chi connectivity index (χ2n) is 8.90. The van der Waals surface area contributed by atoms with Gasteiger partial charge in [-0.05, 0) is 87.2 Å². The molecule has 1 aromatic heterocycles. The van der Waals surface area contributed by atoms with Crippen molar-refractivity contribution >= 4 is 10.9 Å². The van der Waals surface area contributed by atoms with Crippen LogP contribution in [0.15, 0.2) is 48.5 Å². The lowest BCUT2D eigenvalue weighted by Gasteiger charge is -2.54. The van der Waals surface area contributed by atoms with Crippen LogP contribution in [-0.4, -0.2) is 34.6 Å². The molecule has 0 bridgehead atoms. The molecule has 1 aliphatic carbocycles. The van der Waals surface area contributed by atoms with Crippen LogP contribution in [0.1, 0.15) is 35.7 Å². The van der Waals surface area contributed by atoms with E-state index >= 15 is 0 Å². The lowest BCUT2D eigenvalue weighted by Crippen LogP contribution is -2.57. The molecule has 2 aromatic carbocycles. The molecule has 3 nitrogen and oxygen atoms in total. The van der Waals surface area contributed by atoms with Crippen LogP contribution in [0.3, 0.4) is 0 Å². The fraction of sp³-hybridized carbons (Fsp3) is 0.400. The van der Waals surface area contributed by atoms with Crippen molar-refractivity contribution in [3.05, 3.63) is 70.9 Å². The molecule has 0 unspecified atom stereocenters. The third kappa shape index (κ3) is 2.56. The molecule has 5 rings (SSSR count). The summed E-state index contributed by atoms with van der Waals surface area (Å²) in [5.41, 5.74) is 6.37. The van der Waals surface area contributed by atoms with Gasteiger partial charge in [0, 0.05) is 29.0 Å². The predicted molar refractivity (Wildman–Crippen MR) is 114 cm³/mol. The molecule has 0 amide bonds. The van der Waals surface area contributed by atoms with Crippen molar-refractivity contribution in [2.75, 3.05) is 13.6 Å². The topological polar surface area (TPSA) is 36.4 Å². The van der Waals surface area contributed by atoms with E-state index in [1.807, 2.05) is 12.1 Å². The summed E-state index contributed by atoms with van der Waals surface area (Å²) < 4.78 is 0. The maximum Gasteiger partial charge on any atom is 0.115 e. The molecule has 0 saturated carbocycles. The zero-order valence-corrected chi connectivity index (χ0v) is 16.9. The lowest BCUT2D eigenvalue weighted by molar-refractivity contribution is 0.0450. The molecule has 2 heterocycles. The number of pyridine rings is 1. The Morgan fingerprint density at radius 3 is 2.82 bits per heavy atom. The number of para-hydroxylation sites is 1. The fourth-order valence-electron chi connectivity index (χ4n) is 5.76. The number of rotatable bonds is 1. The van der Waals surface area contributed by atoms with Crippen LogP contribution in [0.5, 0.6) is 5.75 Å². The van der Waals surface area contributed by atoms with Gasteiger partial charge >= 0.3 is 0 Å². The van der Waals surface area contributed by atoms with Gasteiger partial charge in [0.15, 0.2) is 0 Å². The van der Waals surface area contributed by atoms with Crippen molar-refractivity contribution in [3.8, 4) is 5.75 Å².